The van der Waals surface area contributed by atoms with Crippen molar-refractivity contribution in [1.29, 1.82) is 0 Å². The molecule has 2 aromatic carbocycles. The summed E-state index contributed by atoms with van der Waals surface area (Å²) in [5.41, 5.74) is 2.07. The molecule has 1 atom stereocenters. The van der Waals surface area contributed by atoms with Crippen LogP contribution in [0.15, 0.2) is 48.5 Å². The Balaban J connectivity index is 1.94. The molecule has 0 aliphatic heterocycles. The number of thiazole rings is 1. The molecule has 0 aliphatic carbocycles. The Morgan fingerprint density at radius 2 is 1.94 bits per heavy atom. The summed E-state index contributed by atoms with van der Waals surface area (Å²) < 4.78 is 6.17. The Bertz CT molecular complexity index is 1020. The molecule has 0 amide bonds. The summed E-state index contributed by atoms with van der Waals surface area (Å²) in [6.07, 6.45) is 0.818. The van der Waals surface area contributed by atoms with Gasteiger partial charge in [-0.25, -0.2) is 4.98 Å². The first kappa shape index (κ1) is 24.4. The molecule has 0 saturated carbocycles. The number of carbonyl (C=O) groups is 1. The summed E-state index contributed by atoms with van der Waals surface area (Å²) in [6, 6.07) is 15.8. The van der Waals surface area contributed by atoms with Crippen LogP contribution in [0.1, 0.15) is 32.8 Å². The zero-order chi connectivity index (χ0) is 23.1. The van der Waals surface area contributed by atoms with E-state index in [1.54, 1.807) is 18.3 Å². The van der Waals surface area contributed by atoms with E-state index in [4.69, 9.17) is 33.5 Å². The van der Waals surface area contributed by atoms with Gasteiger partial charge in [0, 0.05) is 11.6 Å². The first-order valence-electron chi connectivity index (χ1n) is 10.7. The molecule has 1 aromatic heterocycles. The Labute approximate surface area is 203 Å². The second-order valence-electron chi connectivity index (χ2n) is 7.89. The van der Waals surface area contributed by atoms with Gasteiger partial charge in [-0.15, -0.1) is 0 Å². The third kappa shape index (κ3) is 6.64. The number of hydrogen-bond donors (Lipinski definition) is 1. The fourth-order valence-corrected chi connectivity index (χ4v) is 4.83. The van der Waals surface area contributed by atoms with Crippen LogP contribution in [-0.2, 0) is 16.1 Å². The van der Waals surface area contributed by atoms with Gasteiger partial charge in [0.15, 0.2) is 5.13 Å². The van der Waals surface area contributed by atoms with Gasteiger partial charge in [-0.1, -0.05) is 73.3 Å². The molecule has 5 nitrogen and oxygen atoms in total. The third-order valence-corrected chi connectivity index (χ3v) is 6.62. The van der Waals surface area contributed by atoms with Crippen LogP contribution in [0.25, 0.3) is 10.2 Å². The van der Waals surface area contributed by atoms with Crippen molar-refractivity contribution < 1.29 is 9.53 Å². The highest BCUT2D eigenvalue weighted by Crippen LogP contribution is 2.32. The van der Waals surface area contributed by atoms with Gasteiger partial charge in [-0.3, -0.25) is 4.79 Å². The van der Waals surface area contributed by atoms with Gasteiger partial charge in [0.1, 0.15) is 6.54 Å². The molecule has 0 spiro atoms. The van der Waals surface area contributed by atoms with Crippen molar-refractivity contribution in [2.45, 2.75) is 39.8 Å². The molecular formula is C24H28ClN3O2S2. The summed E-state index contributed by atoms with van der Waals surface area (Å²) in [6.45, 7) is 7.14. The number of halogens is 1. The number of esters is 1. The van der Waals surface area contributed by atoms with Crippen molar-refractivity contribution in [2.24, 2.45) is 5.92 Å². The average molecular weight is 490 g/mol. The van der Waals surface area contributed by atoms with Crippen LogP contribution in [-0.4, -0.2) is 35.1 Å². The third-order valence-electron chi connectivity index (χ3n) is 4.88. The van der Waals surface area contributed by atoms with Crippen molar-refractivity contribution in [2.75, 3.05) is 18.1 Å². The summed E-state index contributed by atoms with van der Waals surface area (Å²) >= 11 is 13.5. The molecule has 8 heteroatoms. The van der Waals surface area contributed by atoms with Gasteiger partial charge in [-0.05, 0) is 49.1 Å². The van der Waals surface area contributed by atoms with Gasteiger partial charge in [0.25, 0.3) is 0 Å². The van der Waals surface area contributed by atoms with Crippen LogP contribution >= 0.6 is 35.2 Å². The van der Waals surface area contributed by atoms with Crippen molar-refractivity contribution in [1.82, 2.24) is 10.3 Å². The van der Waals surface area contributed by atoms with E-state index in [-0.39, 0.29) is 18.6 Å². The van der Waals surface area contributed by atoms with Gasteiger partial charge in [0.05, 0.1) is 27.9 Å². The largest absolute Gasteiger partial charge is 0.465 e. The highest BCUT2D eigenvalue weighted by Gasteiger charge is 2.27. The lowest BCUT2D eigenvalue weighted by molar-refractivity contribution is -0.141. The quantitative estimate of drug-likeness (QED) is 0.284. The highest BCUT2D eigenvalue weighted by atomic mass is 35.5. The Kier molecular flexibility index (Phi) is 8.84. The molecule has 3 rings (SSSR count). The van der Waals surface area contributed by atoms with Crippen molar-refractivity contribution in [3.63, 3.8) is 0 Å². The molecule has 0 bridgehead atoms. The lowest BCUT2D eigenvalue weighted by Gasteiger charge is -2.33. The predicted octanol–water partition coefficient (Wildman–Crippen LogP) is 5.85. The second-order valence-corrected chi connectivity index (χ2v) is 9.77. The minimum atomic E-state index is -0.317. The van der Waals surface area contributed by atoms with Crippen molar-refractivity contribution in [3.05, 3.63) is 59.1 Å². The molecule has 1 heterocycles. The minimum Gasteiger partial charge on any atom is -0.465 e. The standard InChI is InChI=1S/C24H28ClN3O2S2/c1-4-30-22(29)14-26-23(31)20(13-16(2)3)28(15-17-9-11-18(25)12-10-17)24-27-19-7-5-6-8-21(19)32-24/h5-12,16,20H,4,13-15H2,1-3H3,(H,26,31). The molecule has 1 unspecified atom stereocenters. The summed E-state index contributed by atoms with van der Waals surface area (Å²) in [5.74, 6) is 0.0758. The number of para-hydroxylation sites is 1. The Morgan fingerprint density at radius 1 is 1.22 bits per heavy atom. The fraction of sp³-hybridized carbons (Fsp3) is 0.375. The average Bonchev–Trinajstić information content (AvgIpc) is 3.20. The maximum atomic E-state index is 11.9. The van der Waals surface area contributed by atoms with E-state index in [0.717, 1.165) is 27.3 Å². The number of fused-ring (bicyclic) bond motifs is 1. The topological polar surface area (TPSA) is 54.5 Å². The van der Waals surface area contributed by atoms with Gasteiger partial charge in [0.2, 0.25) is 0 Å². The minimum absolute atomic E-state index is 0.0515. The number of hydrogen-bond acceptors (Lipinski definition) is 6. The van der Waals surface area contributed by atoms with Gasteiger partial charge < -0.3 is 15.0 Å². The van der Waals surface area contributed by atoms with E-state index < -0.39 is 0 Å². The maximum absolute atomic E-state index is 11.9. The lowest BCUT2D eigenvalue weighted by Crippen LogP contribution is -2.48. The van der Waals surface area contributed by atoms with E-state index in [1.807, 2.05) is 42.5 Å². The Morgan fingerprint density at radius 3 is 2.59 bits per heavy atom. The fourth-order valence-electron chi connectivity index (χ4n) is 3.39. The molecule has 1 N–H and O–H groups in total. The number of anilines is 1. The van der Waals surface area contributed by atoms with E-state index in [2.05, 4.69) is 30.1 Å². The molecule has 0 radical (unpaired) electrons. The molecule has 3 aromatic rings. The smallest absolute Gasteiger partial charge is 0.325 e. The van der Waals surface area contributed by atoms with Crippen molar-refractivity contribution in [3.8, 4) is 0 Å². The first-order chi connectivity index (χ1) is 15.4. The zero-order valence-corrected chi connectivity index (χ0v) is 20.9. The first-order valence-corrected chi connectivity index (χ1v) is 12.3. The van der Waals surface area contributed by atoms with Crippen LogP contribution in [0.2, 0.25) is 5.02 Å². The van der Waals surface area contributed by atoms with E-state index in [0.29, 0.717) is 29.1 Å². The monoisotopic (exact) mass is 489 g/mol. The summed E-state index contributed by atoms with van der Waals surface area (Å²) in [5, 5.41) is 4.72. The van der Waals surface area contributed by atoms with Crippen LogP contribution in [0, 0.1) is 5.92 Å². The SMILES string of the molecule is CCOC(=O)CNC(=S)C(CC(C)C)N(Cc1ccc(Cl)cc1)c1nc2ccccc2s1. The molecule has 0 aliphatic rings. The number of thiocarbonyl (C=S) groups is 1. The normalized spacial score (nSPS) is 12.0. The lowest BCUT2D eigenvalue weighted by atomic mass is 10.0. The van der Waals surface area contributed by atoms with Gasteiger partial charge in [-0.2, -0.15) is 0 Å². The molecule has 0 fully saturated rings. The van der Waals surface area contributed by atoms with E-state index in [9.17, 15) is 4.79 Å². The van der Waals surface area contributed by atoms with Crippen LogP contribution in [0.4, 0.5) is 5.13 Å². The molecule has 0 saturated heterocycles. The number of aromatic nitrogens is 1. The maximum Gasteiger partial charge on any atom is 0.325 e. The van der Waals surface area contributed by atoms with E-state index >= 15 is 0 Å². The van der Waals surface area contributed by atoms with Crippen LogP contribution < -0.4 is 10.2 Å². The number of rotatable bonds is 10. The van der Waals surface area contributed by atoms with E-state index in [1.165, 1.54) is 0 Å². The predicted molar refractivity (Wildman–Crippen MR) is 138 cm³/mol. The highest BCUT2D eigenvalue weighted by molar-refractivity contribution is 7.80. The van der Waals surface area contributed by atoms with Crippen LogP contribution in [0.5, 0.6) is 0 Å². The van der Waals surface area contributed by atoms with Crippen LogP contribution in [0.3, 0.4) is 0 Å². The van der Waals surface area contributed by atoms with Gasteiger partial charge >= 0.3 is 5.97 Å². The second kappa shape index (κ2) is 11.6. The molecule has 170 valence electrons. The zero-order valence-electron chi connectivity index (χ0n) is 18.5. The molecular weight excluding hydrogens is 462 g/mol. The number of nitrogens with one attached hydrogen (secondary N) is 1. The number of benzene rings is 2. The Hall–Kier alpha value is -2.22. The molecule has 32 heavy (non-hydrogen) atoms. The summed E-state index contributed by atoms with van der Waals surface area (Å²) in [7, 11) is 0. The number of ether oxygens (including phenoxy) is 1. The number of carbonyl (C=O) groups excluding carboxylic acids is 1. The van der Waals surface area contributed by atoms with Crippen molar-refractivity contribution >= 4 is 61.5 Å². The summed E-state index contributed by atoms with van der Waals surface area (Å²) in [4.78, 5) is 19.6. The number of nitrogens with zero attached hydrogens (tertiary/aromatic N) is 2.